The first-order valence-corrected chi connectivity index (χ1v) is 10.1. The summed E-state index contributed by atoms with van der Waals surface area (Å²) in [6.07, 6.45) is 0. The van der Waals surface area contributed by atoms with Crippen LogP contribution >= 0.6 is 11.3 Å². The number of benzene rings is 3. The van der Waals surface area contributed by atoms with Crippen LogP contribution in [0.5, 0.6) is 5.75 Å². The summed E-state index contributed by atoms with van der Waals surface area (Å²) in [5.41, 5.74) is 5.18. The normalized spacial score (nSPS) is 11.0. The van der Waals surface area contributed by atoms with Crippen LogP contribution in [0.4, 0.5) is 0 Å². The van der Waals surface area contributed by atoms with Crippen LogP contribution in [0.3, 0.4) is 0 Å². The third kappa shape index (κ3) is 3.19. The first-order chi connectivity index (χ1) is 13.9. The summed E-state index contributed by atoms with van der Waals surface area (Å²) < 4.78 is 6.34. The van der Waals surface area contributed by atoms with E-state index in [2.05, 4.69) is 69.5 Å². The van der Waals surface area contributed by atoms with Gasteiger partial charge in [0.05, 0.1) is 11.4 Å². The van der Waals surface area contributed by atoms with Gasteiger partial charge in [0.25, 0.3) is 0 Å². The smallest absolute Gasteiger partial charge is 0.137 e. The van der Waals surface area contributed by atoms with Gasteiger partial charge in [-0.05, 0) is 34.5 Å². The maximum atomic E-state index is 6.34. The number of nitrogens with one attached hydrogen (secondary N) is 1. The van der Waals surface area contributed by atoms with Crippen molar-refractivity contribution in [1.29, 1.82) is 0 Å². The van der Waals surface area contributed by atoms with E-state index in [9.17, 15) is 0 Å². The Balaban J connectivity index is 1.58. The minimum Gasteiger partial charge on any atom is -0.488 e. The van der Waals surface area contributed by atoms with E-state index in [0.29, 0.717) is 6.61 Å². The fraction of sp³-hybridized carbons (Fsp3) is 0.0417. The maximum Gasteiger partial charge on any atom is 0.137 e. The molecule has 0 aliphatic heterocycles. The molecule has 2 aromatic heterocycles. The van der Waals surface area contributed by atoms with Gasteiger partial charge in [-0.25, -0.2) is 0 Å². The number of rotatable bonds is 5. The Labute approximate surface area is 167 Å². The highest BCUT2D eigenvalue weighted by atomic mass is 32.1. The molecule has 0 aliphatic carbocycles. The van der Waals surface area contributed by atoms with Crippen molar-refractivity contribution in [3.63, 3.8) is 0 Å². The number of nitrogens with zero attached hydrogens (tertiary/aromatic N) is 1. The van der Waals surface area contributed by atoms with Crippen LogP contribution < -0.4 is 4.74 Å². The van der Waals surface area contributed by atoms with Crippen LogP contribution in [0.15, 0.2) is 89.6 Å². The number of fused-ring (bicyclic) bond motifs is 1. The Morgan fingerprint density at radius 3 is 2.61 bits per heavy atom. The van der Waals surface area contributed by atoms with Crippen LogP contribution in [-0.4, -0.2) is 10.2 Å². The summed E-state index contributed by atoms with van der Waals surface area (Å²) in [5, 5.41) is 14.2. The van der Waals surface area contributed by atoms with Crippen LogP contribution in [0.25, 0.3) is 33.3 Å². The predicted molar refractivity (Wildman–Crippen MR) is 116 cm³/mol. The van der Waals surface area contributed by atoms with Crippen LogP contribution in [-0.2, 0) is 6.61 Å². The number of hydrogen-bond acceptors (Lipinski definition) is 3. The molecule has 4 heteroatoms. The second kappa shape index (κ2) is 7.33. The second-order valence-electron chi connectivity index (χ2n) is 6.62. The van der Waals surface area contributed by atoms with E-state index in [1.54, 1.807) is 11.3 Å². The number of thiophene rings is 1. The molecule has 0 radical (unpaired) electrons. The van der Waals surface area contributed by atoms with Gasteiger partial charge in [0.15, 0.2) is 0 Å². The van der Waals surface area contributed by atoms with Gasteiger partial charge in [-0.1, -0.05) is 60.7 Å². The monoisotopic (exact) mass is 382 g/mol. The third-order valence-electron chi connectivity index (χ3n) is 4.79. The first-order valence-electron chi connectivity index (χ1n) is 9.15. The molecular formula is C24H18N2OS. The standard InChI is InChI=1S/C24H18N2OS/c1-2-6-17(7-3-1)15-27-24-20-9-5-4-8-18(20)10-11-21(24)23-14-22(25-26-23)19-12-13-28-16-19/h1-14,16H,15H2,(H,25,26). The van der Waals surface area contributed by atoms with Gasteiger partial charge in [0, 0.05) is 21.9 Å². The molecule has 2 heterocycles. The number of aromatic amines is 1. The van der Waals surface area contributed by atoms with Gasteiger partial charge < -0.3 is 4.74 Å². The number of hydrogen-bond donors (Lipinski definition) is 1. The summed E-state index contributed by atoms with van der Waals surface area (Å²) in [5.74, 6) is 0.866. The minimum atomic E-state index is 0.518. The Morgan fingerprint density at radius 1 is 0.893 bits per heavy atom. The van der Waals surface area contributed by atoms with Crippen molar-refractivity contribution in [3.05, 3.63) is 95.2 Å². The predicted octanol–water partition coefficient (Wildman–Crippen LogP) is 6.54. The quantitative estimate of drug-likeness (QED) is 0.375. The molecule has 5 aromatic rings. The second-order valence-corrected chi connectivity index (χ2v) is 7.40. The number of ether oxygens (including phenoxy) is 1. The summed E-state index contributed by atoms with van der Waals surface area (Å²) in [6, 6.07) is 26.9. The topological polar surface area (TPSA) is 37.9 Å². The molecule has 3 nitrogen and oxygen atoms in total. The van der Waals surface area contributed by atoms with Crippen LogP contribution in [0.1, 0.15) is 5.56 Å². The van der Waals surface area contributed by atoms with Gasteiger partial charge in [-0.2, -0.15) is 16.4 Å². The molecule has 0 atom stereocenters. The average Bonchev–Trinajstić information content (AvgIpc) is 3.44. The van der Waals surface area contributed by atoms with E-state index in [4.69, 9.17) is 4.74 Å². The fourth-order valence-electron chi connectivity index (χ4n) is 3.36. The molecule has 0 saturated carbocycles. The Kier molecular flexibility index (Phi) is 4.39. The molecule has 0 fully saturated rings. The van der Waals surface area contributed by atoms with E-state index in [0.717, 1.165) is 44.6 Å². The molecule has 3 aromatic carbocycles. The maximum absolute atomic E-state index is 6.34. The lowest BCUT2D eigenvalue weighted by atomic mass is 10.0. The molecule has 0 amide bonds. The molecule has 136 valence electrons. The van der Waals surface area contributed by atoms with Gasteiger partial charge >= 0.3 is 0 Å². The molecular weight excluding hydrogens is 364 g/mol. The van der Waals surface area contributed by atoms with Crippen molar-refractivity contribution in [2.75, 3.05) is 0 Å². The lowest BCUT2D eigenvalue weighted by Gasteiger charge is -2.13. The van der Waals surface area contributed by atoms with Crippen LogP contribution in [0, 0.1) is 0 Å². The van der Waals surface area contributed by atoms with Gasteiger partial charge in [0.2, 0.25) is 0 Å². The summed E-state index contributed by atoms with van der Waals surface area (Å²) in [4.78, 5) is 0. The van der Waals surface area contributed by atoms with E-state index >= 15 is 0 Å². The van der Waals surface area contributed by atoms with Crippen molar-refractivity contribution in [2.24, 2.45) is 0 Å². The van der Waals surface area contributed by atoms with Crippen molar-refractivity contribution < 1.29 is 4.74 Å². The van der Waals surface area contributed by atoms with Crippen molar-refractivity contribution in [3.8, 4) is 28.3 Å². The fourth-order valence-corrected chi connectivity index (χ4v) is 4.01. The van der Waals surface area contributed by atoms with E-state index < -0.39 is 0 Å². The number of aromatic nitrogens is 2. The van der Waals surface area contributed by atoms with E-state index in [1.165, 1.54) is 0 Å². The summed E-state index contributed by atoms with van der Waals surface area (Å²) in [7, 11) is 0. The first kappa shape index (κ1) is 16.8. The average molecular weight is 382 g/mol. The summed E-state index contributed by atoms with van der Waals surface area (Å²) >= 11 is 1.68. The molecule has 0 unspecified atom stereocenters. The lowest BCUT2D eigenvalue weighted by Crippen LogP contribution is -1.98. The Morgan fingerprint density at radius 2 is 1.75 bits per heavy atom. The molecule has 28 heavy (non-hydrogen) atoms. The minimum absolute atomic E-state index is 0.518. The zero-order valence-corrected chi connectivity index (χ0v) is 15.9. The molecule has 0 saturated heterocycles. The molecule has 0 bridgehead atoms. The summed E-state index contributed by atoms with van der Waals surface area (Å²) in [6.45, 7) is 0.518. The SMILES string of the molecule is c1ccc(COc2c(-c3cc(-c4ccsc4)[nH]n3)ccc3ccccc23)cc1. The molecule has 1 N–H and O–H groups in total. The third-order valence-corrected chi connectivity index (χ3v) is 5.47. The molecule has 0 aliphatic rings. The van der Waals surface area contributed by atoms with Gasteiger partial charge in [-0.3, -0.25) is 5.10 Å². The van der Waals surface area contributed by atoms with Crippen LogP contribution in [0.2, 0.25) is 0 Å². The van der Waals surface area contributed by atoms with E-state index in [1.807, 2.05) is 30.3 Å². The molecule has 5 rings (SSSR count). The Hall–Kier alpha value is -3.37. The van der Waals surface area contributed by atoms with Crippen molar-refractivity contribution in [2.45, 2.75) is 6.61 Å². The lowest BCUT2D eigenvalue weighted by molar-refractivity contribution is 0.311. The molecule has 0 spiro atoms. The highest BCUT2D eigenvalue weighted by molar-refractivity contribution is 7.08. The van der Waals surface area contributed by atoms with Gasteiger partial charge in [-0.15, -0.1) is 0 Å². The largest absolute Gasteiger partial charge is 0.488 e. The zero-order chi connectivity index (χ0) is 18.8. The number of H-pyrrole nitrogens is 1. The van der Waals surface area contributed by atoms with E-state index in [-0.39, 0.29) is 0 Å². The highest BCUT2D eigenvalue weighted by Gasteiger charge is 2.15. The van der Waals surface area contributed by atoms with Crippen molar-refractivity contribution >= 4 is 22.1 Å². The Bertz CT molecular complexity index is 1210. The highest BCUT2D eigenvalue weighted by Crippen LogP contribution is 2.37. The zero-order valence-electron chi connectivity index (χ0n) is 15.1. The van der Waals surface area contributed by atoms with Crippen molar-refractivity contribution in [1.82, 2.24) is 10.2 Å². The van der Waals surface area contributed by atoms with Gasteiger partial charge in [0.1, 0.15) is 12.4 Å².